The number of unbranched alkanes of at least 4 members (excludes halogenated alkanes) is 1. The molecule has 2 N–H and O–H groups in total. The van der Waals surface area contributed by atoms with Crippen molar-refractivity contribution in [3.05, 3.63) is 40.9 Å². The molecule has 6 nitrogen and oxygen atoms in total. The second-order valence-electron chi connectivity index (χ2n) is 4.33. The lowest BCUT2D eigenvalue weighted by Gasteiger charge is -2.06. The van der Waals surface area contributed by atoms with E-state index in [0.717, 1.165) is 19.4 Å². The van der Waals surface area contributed by atoms with Gasteiger partial charge in [0.05, 0.1) is 4.47 Å². The van der Waals surface area contributed by atoms with Crippen LogP contribution in [0, 0.1) is 0 Å². The van der Waals surface area contributed by atoms with Gasteiger partial charge in [-0.2, -0.15) is 0 Å². The van der Waals surface area contributed by atoms with Gasteiger partial charge in [0, 0.05) is 18.7 Å². The SMILES string of the molecule is O=C(NCCCCn1cnnc1)c1ccc(Br)c(O)c1. The number of carbonyl (C=O) groups is 1. The van der Waals surface area contributed by atoms with E-state index in [-0.39, 0.29) is 11.7 Å². The number of nitrogens with zero attached hydrogens (tertiary/aromatic N) is 3. The maximum atomic E-state index is 11.8. The third-order valence-electron chi connectivity index (χ3n) is 2.80. The number of aromatic hydroxyl groups is 1. The van der Waals surface area contributed by atoms with Crippen molar-refractivity contribution in [3.63, 3.8) is 0 Å². The molecule has 0 atom stereocenters. The Morgan fingerprint density at radius 3 is 2.75 bits per heavy atom. The van der Waals surface area contributed by atoms with E-state index < -0.39 is 0 Å². The summed E-state index contributed by atoms with van der Waals surface area (Å²) < 4.78 is 2.47. The Morgan fingerprint density at radius 1 is 1.30 bits per heavy atom. The number of phenolic OH excluding ortho intramolecular Hbond substituents is 1. The molecular weight excluding hydrogens is 324 g/mol. The van der Waals surface area contributed by atoms with Gasteiger partial charge in [-0.1, -0.05) is 0 Å². The third kappa shape index (κ3) is 4.06. The monoisotopic (exact) mass is 338 g/mol. The fourth-order valence-electron chi connectivity index (χ4n) is 1.71. The van der Waals surface area contributed by atoms with Crippen molar-refractivity contribution in [1.29, 1.82) is 0 Å². The topological polar surface area (TPSA) is 80.0 Å². The summed E-state index contributed by atoms with van der Waals surface area (Å²) in [5.41, 5.74) is 0.449. The average Bonchev–Trinajstić information content (AvgIpc) is 2.94. The first kappa shape index (κ1) is 14.5. The number of carbonyl (C=O) groups excluding carboxylic acids is 1. The maximum Gasteiger partial charge on any atom is 0.251 e. The second kappa shape index (κ2) is 7.04. The molecule has 1 aromatic heterocycles. The molecule has 0 aliphatic rings. The van der Waals surface area contributed by atoms with Crippen molar-refractivity contribution in [2.75, 3.05) is 6.54 Å². The van der Waals surface area contributed by atoms with Crippen LogP contribution in [0.25, 0.3) is 0 Å². The van der Waals surface area contributed by atoms with Crippen LogP contribution in [-0.2, 0) is 6.54 Å². The molecule has 1 amide bonds. The third-order valence-corrected chi connectivity index (χ3v) is 3.47. The van der Waals surface area contributed by atoms with Crippen molar-refractivity contribution in [1.82, 2.24) is 20.1 Å². The van der Waals surface area contributed by atoms with Gasteiger partial charge in [0.25, 0.3) is 5.91 Å². The highest BCUT2D eigenvalue weighted by Gasteiger charge is 2.07. The Labute approximate surface area is 125 Å². The summed E-state index contributed by atoms with van der Waals surface area (Å²) >= 11 is 3.18. The number of phenols is 1. The first-order valence-electron chi connectivity index (χ1n) is 6.26. The van der Waals surface area contributed by atoms with E-state index >= 15 is 0 Å². The van der Waals surface area contributed by atoms with Gasteiger partial charge in [-0.25, -0.2) is 0 Å². The molecule has 2 rings (SSSR count). The molecule has 1 aromatic carbocycles. The standard InChI is InChI=1S/C13H15BrN4O2/c14-11-4-3-10(7-12(11)19)13(20)15-5-1-2-6-18-8-16-17-9-18/h3-4,7-9,19H,1-2,5-6H2,(H,15,20). The molecule has 0 saturated heterocycles. The predicted molar refractivity (Wildman–Crippen MR) is 77.4 cm³/mol. The summed E-state index contributed by atoms with van der Waals surface area (Å²) in [4.78, 5) is 11.8. The number of benzene rings is 1. The molecule has 0 fully saturated rings. The Kier molecular flexibility index (Phi) is 5.11. The van der Waals surface area contributed by atoms with E-state index in [1.165, 1.54) is 6.07 Å². The van der Waals surface area contributed by atoms with E-state index in [0.29, 0.717) is 16.6 Å². The molecule has 0 unspecified atom stereocenters. The number of hydrogen-bond donors (Lipinski definition) is 2. The minimum Gasteiger partial charge on any atom is -0.507 e. The van der Waals surface area contributed by atoms with Crippen LogP contribution < -0.4 is 5.32 Å². The van der Waals surface area contributed by atoms with Crippen LogP contribution in [-0.4, -0.2) is 32.3 Å². The molecule has 0 radical (unpaired) electrons. The van der Waals surface area contributed by atoms with Crippen LogP contribution in [0.15, 0.2) is 35.3 Å². The number of aryl methyl sites for hydroxylation is 1. The number of aromatic nitrogens is 3. The highest BCUT2D eigenvalue weighted by atomic mass is 79.9. The first-order chi connectivity index (χ1) is 9.66. The summed E-state index contributed by atoms with van der Waals surface area (Å²) in [6.45, 7) is 1.43. The summed E-state index contributed by atoms with van der Waals surface area (Å²) in [7, 11) is 0. The van der Waals surface area contributed by atoms with Crippen LogP contribution >= 0.6 is 15.9 Å². The fourth-order valence-corrected chi connectivity index (χ4v) is 1.96. The van der Waals surface area contributed by atoms with E-state index in [2.05, 4.69) is 31.4 Å². The lowest BCUT2D eigenvalue weighted by molar-refractivity contribution is 0.0952. The van der Waals surface area contributed by atoms with Crippen LogP contribution in [0.1, 0.15) is 23.2 Å². The molecule has 0 aliphatic carbocycles. The predicted octanol–water partition coefficient (Wildman–Crippen LogP) is 1.96. The lowest BCUT2D eigenvalue weighted by atomic mass is 10.2. The number of halogens is 1. The zero-order valence-electron chi connectivity index (χ0n) is 10.8. The van der Waals surface area contributed by atoms with Crippen LogP contribution in [0.3, 0.4) is 0 Å². The zero-order chi connectivity index (χ0) is 14.4. The molecule has 7 heteroatoms. The highest BCUT2D eigenvalue weighted by molar-refractivity contribution is 9.10. The van der Waals surface area contributed by atoms with Crippen molar-refractivity contribution < 1.29 is 9.90 Å². The van der Waals surface area contributed by atoms with E-state index in [4.69, 9.17) is 0 Å². The van der Waals surface area contributed by atoms with Gasteiger partial charge < -0.3 is 15.0 Å². The summed E-state index contributed by atoms with van der Waals surface area (Å²) in [5, 5.41) is 19.8. The van der Waals surface area contributed by atoms with Gasteiger partial charge >= 0.3 is 0 Å². The van der Waals surface area contributed by atoms with Gasteiger partial charge in [0.1, 0.15) is 18.4 Å². The smallest absolute Gasteiger partial charge is 0.251 e. The molecule has 2 aromatic rings. The van der Waals surface area contributed by atoms with Gasteiger partial charge in [-0.3, -0.25) is 4.79 Å². The molecule has 20 heavy (non-hydrogen) atoms. The lowest BCUT2D eigenvalue weighted by Crippen LogP contribution is -2.24. The van der Waals surface area contributed by atoms with E-state index in [9.17, 15) is 9.90 Å². The fraction of sp³-hybridized carbons (Fsp3) is 0.308. The zero-order valence-corrected chi connectivity index (χ0v) is 12.4. The summed E-state index contributed by atoms with van der Waals surface area (Å²) in [6, 6.07) is 4.75. The van der Waals surface area contributed by atoms with Gasteiger partial charge in [0.15, 0.2) is 0 Å². The van der Waals surface area contributed by atoms with Crippen LogP contribution in [0.4, 0.5) is 0 Å². The summed E-state index contributed by atoms with van der Waals surface area (Å²) in [5.74, 6) is -0.123. The van der Waals surface area contributed by atoms with Crippen molar-refractivity contribution in [2.24, 2.45) is 0 Å². The van der Waals surface area contributed by atoms with Gasteiger partial charge in [0.2, 0.25) is 0 Å². The molecule has 1 heterocycles. The second-order valence-corrected chi connectivity index (χ2v) is 5.18. The summed E-state index contributed by atoms with van der Waals surface area (Å²) in [6.07, 6.45) is 5.14. The van der Waals surface area contributed by atoms with Crippen molar-refractivity contribution in [2.45, 2.75) is 19.4 Å². The Balaban J connectivity index is 1.70. The number of rotatable bonds is 6. The Hall–Kier alpha value is -1.89. The van der Waals surface area contributed by atoms with E-state index in [1.54, 1.807) is 24.8 Å². The minimum atomic E-state index is -0.183. The van der Waals surface area contributed by atoms with Gasteiger partial charge in [-0.05, 0) is 47.0 Å². The number of amides is 1. The number of hydrogen-bond acceptors (Lipinski definition) is 4. The van der Waals surface area contributed by atoms with E-state index in [1.807, 2.05) is 4.57 Å². The molecule has 106 valence electrons. The molecule has 0 saturated carbocycles. The average molecular weight is 339 g/mol. The molecule has 0 bridgehead atoms. The number of nitrogens with one attached hydrogen (secondary N) is 1. The molecule has 0 aliphatic heterocycles. The Morgan fingerprint density at radius 2 is 2.05 bits per heavy atom. The highest BCUT2D eigenvalue weighted by Crippen LogP contribution is 2.24. The van der Waals surface area contributed by atoms with Crippen molar-refractivity contribution in [3.8, 4) is 5.75 Å². The van der Waals surface area contributed by atoms with Crippen LogP contribution in [0.5, 0.6) is 5.75 Å². The maximum absolute atomic E-state index is 11.8. The minimum absolute atomic E-state index is 0.0604. The Bertz CT molecular complexity index is 572. The largest absolute Gasteiger partial charge is 0.507 e. The molecular formula is C13H15BrN4O2. The normalized spacial score (nSPS) is 10.4. The molecule has 0 spiro atoms. The first-order valence-corrected chi connectivity index (χ1v) is 7.05. The quantitative estimate of drug-likeness (QED) is 0.789. The van der Waals surface area contributed by atoms with Crippen LogP contribution in [0.2, 0.25) is 0 Å². The van der Waals surface area contributed by atoms with Gasteiger partial charge in [-0.15, -0.1) is 10.2 Å². The van der Waals surface area contributed by atoms with Crippen molar-refractivity contribution >= 4 is 21.8 Å².